The maximum atomic E-state index is 5.39. The Hall–Kier alpha value is -1.91. The number of ether oxygens (including phenoxy) is 3. The van der Waals surface area contributed by atoms with Gasteiger partial charge in [0.15, 0.2) is 0 Å². The van der Waals surface area contributed by atoms with Crippen LogP contribution in [0.25, 0.3) is 0 Å². The van der Waals surface area contributed by atoms with Crippen LogP contribution in [0.5, 0.6) is 17.2 Å². The van der Waals surface area contributed by atoms with E-state index >= 15 is 0 Å². The summed E-state index contributed by atoms with van der Waals surface area (Å²) in [6.45, 7) is 2.89. The first-order chi connectivity index (χ1) is 13.3. The molecule has 5 heteroatoms. The average molecular weight is 380 g/mol. The van der Waals surface area contributed by atoms with Gasteiger partial charge in [0.25, 0.3) is 0 Å². The van der Waals surface area contributed by atoms with Crippen LogP contribution in [0.15, 0.2) is 17.3 Å². The number of unbranched alkanes of at least 4 members (excludes halogenated alkanes) is 9. The van der Waals surface area contributed by atoms with Crippen molar-refractivity contribution in [2.75, 3.05) is 27.9 Å². The van der Waals surface area contributed by atoms with Crippen LogP contribution in [0.1, 0.15) is 76.7 Å². The Bertz CT molecular complexity index is 506. The molecule has 0 aromatic heterocycles. The number of rotatable bonds is 16. The standard InChI is InChI=1S/C22H37NO4/c1-5-6-7-8-9-10-11-12-13-14-15-27-23-18-20-21(25-3)16-19(24-2)17-22(20)26-4/h16-18H,5-15H2,1-4H3/b23-18+. The van der Waals surface area contributed by atoms with E-state index in [0.717, 1.165) is 12.0 Å². The van der Waals surface area contributed by atoms with Crippen molar-refractivity contribution in [3.8, 4) is 17.2 Å². The van der Waals surface area contributed by atoms with E-state index in [2.05, 4.69) is 12.1 Å². The van der Waals surface area contributed by atoms with Crippen molar-refractivity contribution in [3.05, 3.63) is 17.7 Å². The zero-order chi connectivity index (χ0) is 19.7. The molecule has 1 aromatic rings. The van der Waals surface area contributed by atoms with Crippen LogP contribution in [-0.4, -0.2) is 34.2 Å². The molecule has 0 aliphatic heterocycles. The quantitative estimate of drug-likeness (QED) is 0.201. The lowest BCUT2D eigenvalue weighted by Crippen LogP contribution is -1.98. The van der Waals surface area contributed by atoms with Gasteiger partial charge in [-0.25, -0.2) is 0 Å². The number of oxime groups is 1. The van der Waals surface area contributed by atoms with Crippen LogP contribution in [-0.2, 0) is 4.84 Å². The highest BCUT2D eigenvalue weighted by molar-refractivity contribution is 5.87. The highest BCUT2D eigenvalue weighted by atomic mass is 16.6. The third kappa shape index (κ3) is 9.55. The van der Waals surface area contributed by atoms with Crippen molar-refractivity contribution < 1.29 is 19.0 Å². The Morgan fingerprint density at radius 3 is 1.74 bits per heavy atom. The van der Waals surface area contributed by atoms with Gasteiger partial charge in [0.1, 0.15) is 23.9 Å². The van der Waals surface area contributed by atoms with Crippen molar-refractivity contribution in [3.63, 3.8) is 0 Å². The minimum Gasteiger partial charge on any atom is -0.496 e. The zero-order valence-electron chi connectivity index (χ0n) is 17.6. The van der Waals surface area contributed by atoms with Gasteiger partial charge in [-0.2, -0.15) is 0 Å². The molecule has 0 heterocycles. The molecule has 0 radical (unpaired) electrons. The number of benzene rings is 1. The first-order valence-electron chi connectivity index (χ1n) is 10.2. The second kappa shape index (κ2) is 15.2. The number of hydrogen-bond acceptors (Lipinski definition) is 5. The van der Waals surface area contributed by atoms with Gasteiger partial charge in [-0.15, -0.1) is 0 Å². The summed E-state index contributed by atoms with van der Waals surface area (Å²) in [5.74, 6) is 1.95. The van der Waals surface area contributed by atoms with Gasteiger partial charge in [-0.3, -0.25) is 0 Å². The van der Waals surface area contributed by atoms with E-state index in [0.29, 0.717) is 23.9 Å². The molecular weight excluding hydrogens is 342 g/mol. The average Bonchev–Trinajstić information content (AvgIpc) is 2.70. The Labute approximate surface area is 165 Å². The van der Waals surface area contributed by atoms with Gasteiger partial charge >= 0.3 is 0 Å². The maximum Gasteiger partial charge on any atom is 0.135 e. The topological polar surface area (TPSA) is 49.3 Å². The SMILES string of the molecule is CCCCCCCCCCCCO/N=C/c1c(OC)cc(OC)cc1OC. The predicted octanol–water partition coefficient (Wildman–Crippen LogP) is 5.98. The molecule has 1 rings (SSSR count). The maximum absolute atomic E-state index is 5.39. The van der Waals surface area contributed by atoms with Crippen molar-refractivity contribution in [1.29, 1.82) is 0 Å². The minimum atomic E-state index is 0.633. The van der Waals surface area contributed by atoms with E-state index in [-0.39, 0.29) is 0 Å². The third-order valence-electron chi connectivity index (χ3n) is 4.60. The molecule has 0 fully saturated rings. The normalized spacial score (nSPS) is 11.0. The van der Waals surface area contributed by atoms with Gasteiger partial charge in [0.05, 0.1) is 33.1 Å². The van der Waals surface area contributed by atoms with Crippen LogP contribution in [0.2, 0.25) is 0 Å². The van der Waals surface area contributed by atoms with Crippen LogP contribution < -0.4 is 14.2 Å². The number of methoxy groups -OCH3 is 3. The molecule has 0 N–H and O–H groups in total. The van der Waals surface area contributed by atoms with Gasteiger partial charge in [-0.1, -0.05) is 63.4 Å². The molecule has 0 amide bonds. The lowest BCUT2D eigenvalue weighted by atomic mass is 10.1. The molecule has 0 saturated carbocycles. The van der Waals surface area contributed by atoms with E-state index in [4.69, 9.17) is 19.0 Å². The highest BCUT2D eigenvalue weighted by Gasteiger charge is 2.11. The second-order valence-electron chi connectivity index (χ2n) is 6.70. The Morgan fingerprint density at radius 2 is 1.26 bits per heavy atom. The van der Waals surface area contributed by atoms with Crippen LogP contribution in [0.4, 0.5) is 0 Å². The molecule has 0 atom stereocenters. The molecule has 27 heavy (non-hydrogen) atoms. The highest BCUT2D eigenvalue weighted by Crippen LogP contribution is 2.32. The predicted molar refractivity (Wildman–Crippen MR) is 111 cm³/mol. The smallest absolute Gasteiger partial charge is 0.135 e. The monoisotopic (exact) mass is 379 g/mol. The van der Waals surface area contributed by atoms with E-state index in [1.54, 1.807) is 39.7 Å². The molecular formula is C22H37NO4. The first-order valence-corrected chi connectivity index (χ1v) is 10.2. The fourth-order valence-corrected chi connectivity index (χ4v) is 2.96. The lowest BCUT2D eigenvalue weighted by Gasteiger charge is -2.11. The molecule has 0 spiro atoms. The fourth-order valence-electron chi connectivity index (χ4n) is 2.96. The first kappa shape index (κ1) is 23.1. The van der Waals surface area contributed by atoms with Gasteiger partial charge < -0.3 is 19.0 Å². The fraction of sp³-hybridized carbons (Fsp3) is 0.682. The Balaban J connectivity index is 2.22. The summed E-state index contributed by atoms with van der Waals surface area (Å²) in [6.07, 6.45) is 14.7. The molecule has 0 bridgehead atoms. The van der Waals surface area contributed by atoms with E-state index < -0.39 is 0 Å². The molecule has 0 unspecified atom stereocenters. The van der Waals surface area contributed by atoms with E-state index in [1.165, 1.54) is 57.8 Å². The van der Waals surface area contributed by atoms with E-state index in [9.17, 15) is 0 Å². The summed E-state index contributed by atoms with van der Waals surface area (Å²) < 4.78 is 16.0. The van der Waals surface area contributed by atoms with Crippen LogP contribution in [0.3, 0.4) is 0 Å². The number of hydrogen-bond donors (Lipinski definition) is 0. The van der Waals surface area contributed by atoms with Gasteiger partial charge in [-0.05, 0) is 12.8 Å². The molecule has 0 aliphatic carbocycles. The lowest BCUT2D eigenvalue weighted by molar-refractivity contribution is 0.141. The Kier molecular flexibility index (Phi) is 13.0. The number of nitrogens with zero attached hydrogens (tertiary/aromatic N) is 1. The summed E-state index contributed by atoms with van der Waals surface area (Å²) in [7, 11) is 4.82. The molecule has 5 nitrogen and oxygen atoms in total. The van der Waals surface area contributed by atoms with Gasteiger partial charge in [0, 0.05) is 12.1 Å². The summed E-state index contributed by atoms with van der Waals surface area (Å²) in [5, 5.41) is 4.06. The van der Waals surface area contributed by atoms with E-state index in [1.807, 2.05) is 0 Å². The summed E-state index contributed by atoms with van der Waals surface area (Å²) in [6, 6.07) is 3.60. The van der Waals surface area contributed by atoms with Crippen molar-refractivity contribution in [2.24, 2.45) is 5.16 Å². The summed E-state index contributed by atoms with van der Waals surface area (Å²) in [5.41, 5.74) is 0.740. The van der Waals surface area contributed by atoms with Crippen LogP contribution in [0, 0.1) is 0 Å². The van der Waals surface area contributed by atoms with Crippen molar-refractivity contribution in [2.45, 2.75) is 71.1 Å². The van der Waals surface area contributed by atoms with Crippen molar-refractivity contribution >= 4 is 6.21 Å². The Morgan fingerprint density at radius 1 is 0.741 bits per heavy atom. The molecule has 154 valence electrons. The molecule has 1 aromatic carbocycles. The van der Waals surface area contributed by atoms with Crippen LogP contribution >= 0.6 is 0 Å². The van der Waals surface area contributed by atoms with Gasteiger partial charge in [0.2, 0.25) is 0 Å². The zero-order valence-corrected chi connectivity index (χ0v) is 17.6. The summed E-state index contributed by atoms with van der Waals surface area (Å²) in [4.78, 5) is 5.39. The van der Waals surface area contributed by atoms with Crippen molar-refractivity contribution in [1.82, 2.24) is 0 Å². The molecule has 0 saturated heterocycles. The minimum absolute atomic E-state index is 0.633. The summed E-state index contributed by atoms with van der Waals surface area (Å²) >= 11 is 0. The second-order valence-corrected chi connectivity index (χ2v) is 6.70. The third-order valence-corrected chi connectivity index (χ3v) is 4.60. The largest absolute Gasteiger partial charge is 0.496 e. The molecule has 0 aliphatic rings.